The van der Waals surface area contributed by atoms with E-state index in [0.29, 0.717) is 0 Å². The molecule has 1 heterocycles. The number of rotatable bonds is 5. The van der Waals surface area contributed by atoms with Crippen molar-refractivity contribution >= 4 is 22.9 Å². The van der Waals surface area contributed by atoms with E-state index in [1.165, 1.54) is 11.1 Å². The van der Waals surface area contributed by atoms with E-state index in [2.05, 4.69) is 36.7 Å². The Morgan fingerprint density at radius 2 is 1.89 bits per heavy atom. The van der Waals surface area contributed by atoms with Crippen LogP contribution < -0.4 is 10.1 Å². The molecule has 2 rings (SSSR count). The number of ether oxygens (including phenoxy) is 1. The van der Waals surface area contributed by atoms with E-state index < -0.39 is 0 Å². The topological polar surface area (TPSA) is 21.3 Å². The van der Waals surface area contributed by atoms with Gasteiger partial charge in [-0.2, -0.15) is 0 Å². The van der Waals surface area contributed by atoms with Gasteiger partial charge in [0.15, 0.2) is 0 Å². The Balaban J connectivity index is 2.05. The van der Waals surface area contributed by atoms with Gasteiger partial charge in [-0.25, -0.2) is 0 Å². The fourth-order valence-electron chi connectivity index (χ4n) is 2.03. The average molecular weight is 296 g/mol. The number of hydrogen-bond acceptors (Lipinski definition) is 3. The summed E-state index contributed by atoms with van der Waals surface area (Å²) in [5.41, 5.74) is 2.44. The second kappa shape index (κ2) is 6.42. The molecular weight excluding hydrogens is 278 g/mol. The van der Waals surface area contributed by atoms with E-state index in [0.717, 1.165) is 10.1 Å². The van der Waals surface area contributed by atoms with Crippen molar-refractivity contribution in [3.05, 3.63) is 51.2 Å². The Kier molecular flexibility index (Phi) is 4.86. The first-order valence-electron chi connectivity index (χ1n) is 6.24. The van der Waals surface area contributed by atoms with E-state index in [1.807, 2.05) is 18.2 Å². The molecule has 4 heteroatoms. The lowest BCUT2D eigenvalue weighted by Crippen LogP contribution is -2.22. The molecule has 102 valence electrons. The first-order chi connectivity index (χ1) is 9.10. The van der Waals surface area contributed by atoms with Crippen LogP contribution >= 0.6 is 22.9 Å². The largest absolute Gasteiger partial charge is 0.497 e. The van der Waals surface area contributed by atoms with Crippen molar-refractivity contribution in [2.75, 3.05) is 7.11 Å². The zero-order valence-electron chi connectivity index (χ0n) is 11.3. The summed E-state index contributed by atoms with van der Waals surface area (Å²) >= 11 is 7.54. The maximum absolute atomic E-state index is 5.97. The van der Waals surface area contributed by atoms with Crippen LogP contribution in [0.25, 0.3) is 0 Å². The quantitative estimate of drug-likeness (QED) is 0.853. The van der Waals surface area contributed by atoms with E-state index >= 15 is 0 Å². The minimum Gasteiger partial charge on any atom is -0.497 e. The molecule has 0 amide bonds. The summed E-state index contributed by atoms with van der Waals surface area (Å²) in [6, 6.07) is 10.7. The Hall–Kier alpha value is -1.03. The van der Waals surface area contributed by atoms with Gasteiger partial charge < -0.3 is 10.1 Å². The Morgan fingerprint density at radius 3 is 2.53 bits per heavy atom. The number of hydrogen-bond donors (Lipinski definition) is 1. The third-order valence-corrected chi connectivity index (χ3v) is 4.29. The molecule has 0 aliphatic rings. The van der Waals surface area contributed by atoms with Crippen molar-refractivity contribution in [1.29, 1.82) is 0 Å². The fourth-order valence-corrected chi connectivity index (χ4v) is 3.01. The van der Waals surface area contributed by atoms with E-state index in [1.54, 1.807) is 18.4 Å². The van der Waals surface area contributed by atoms with Gasteiger partial charge in [-0.05, 0) is 48.6 Å². The van der Waals surface area contributed by atoms with Gasteiger partial charge in [0.1, 0.15) is 5.75 Å². The normalized spacial score (nSPS) is 14.1. The van der Waals surface area contributed by atoms with Crippen molar-refractivity contribution in [2.45, 2.75) is 25.9 Å². The number of halogens is 1. The van der Waals surface area contributed by atoms with Crippen LogP contribution in [0, 0.1) is 0 Å². The van der Waals surface area contributed by atoms with Gasteiger partial charge >= 0.3 is 0 Å². The van der Waals surface area contributed by atoms with Crippen LogP contribution in [-0.4, -0.2) is 7.11 Å². The standard InChI is InChI=1S/C15H18ClNOS/c1-10(12-5-4-6-14(7-12)18-3)17-11(2)13-8-15(16)19-9-13/h4-11,17H,1-3H3. The van der Waals surface area contributed by atoms with Crippen molar-refractivity contribution in [3.63, 3.8) is 0 Å². The molecule has 1 aromatic carbocycles. The zero-order valence-corrected chi connectivity index (χ0v) is 12.9. The molecule has 0 aliphatic carbocycles. The number of methoxy groups -OCH3 is 1. The molecule has 0 saturated carbocycles. The summed E-state index contributed by atoms with van der Waals surface area (Å²) in [7, 11) is 1.69. The minimum absolute atomic E-state index is 0.253. The maximum atomic E-state index is 5.97. The molecule has 1 N–H and O–H groups in total. The summed E-state index contributed by atoms with van der Waals surface area (Å²) in [5, 5.41) is 5.67. The van der Waals surface area contributed by atoms with Gasteiger partial charge in [0.05, 0.1) is 11.4 Å². The SMILES string of the molecule is COc1cccc(C(C)NC(C)c2csc(Cl)c2)c1. The molecule has 0 radical (unpaired) electrons. The summed E-state index contributed by atoms with van der Waals surface area (Å²) in [4.78, 5) is 0. The van der Waals surface area contributed by atoms with E-state index in [-0.39, 0.29) is 12.1 Å². The van der Waals surface area contributed by atoms with Crippen LogP contribution in [-0.2, 0) is 0 Å². The van der Waals surface area contributed by atoms with Crippen molar-refractivity contribution in [3.8, 4) is 5.75 Å². The van der Waals surface area contributed by atoms with E-state index in [4.69, 9.17) is 16.3 Å². The lowest BCUT2D eigenvalue weighted by Gasteiger charge is -2.20. The smallest absolute Gasteiger partial charge is 0.119 e. The first kappa shape index (κ1) is 14.4. The summed E-state index contributed by atoms with van der Waals surface area (Å²) < 4.78 is 6.09. The summed E-state index contributed by atoms with van der Waals surface area (Å²) in [5.74, 6) is 0.886. The van der Waals surface area contributed by atoms with E-state index in [9.17, 15) is 0 Å². The average Bonchev–Trinajstić information content (AvgIpc) is 2.85. The highest BCUT2D eigenvalue weighted by Gasteiger charge is 2.12. The molecule has 0 spiro atoms. The molecule has 1 aromatic heterocycles. The van der Waals surface area contributed by atoms with Gasteiger partial charge in [0.25, 0.3) is 0 Å². The van der Waals surface area contributed by atoms with Gasteiger partial charge in [-0.3, -0.25) is 0 Å². The molecule has 0 fully saturated rings. The molecule has 2 unspecified atom stereocenters. The predicted molar refractivity (Wildman–Crippen MR) is 82.3 cm³/mol. The van der Waals surface area contributed by atoms with Gasteiger partial charge in [-0.1, -0.05) is 23.7 Å². The molecule has 2 atom stereocenters. The summed E-state index contributed by atoms with van der Waals surface area (Å²) in [6.07, 6.45) is 0. The van der Waals surface area contributed by atoms with Crippen LogP contribution in [0.15, 0.2) is 35.7 Å². The van der Waals surface area contributed by atoms with Crippen LogP contribution in [0.3, 0.4) is 0 Å². The highest BCUT2D eigenvalue weighted by molar-refractivity contribution is 7.14. The molecular formula is C15H18ClNOS. The lowest BCUT2D eigenvalue weighted by atomic mass is 10.1. The van der Waals surface area contributed by atoms with Gasteiger partial charge in [0, 0.05) is 12.1 Å². The lowest BCUT2D eigenvalue weighted by molar-refractivity contribution is 0.412. The number of nitrogens with one attached hydrogen (secondary N) is 1. The molecule has 0 saturated heterocycles. The molecule has 2 nitrogen and oxygen atoms in total. The van der Waals surface area contributed by atoms with Crippen LogP contribution in [0.1, 0.15) is 37.1 Å². The van der Waals surface area contributed by atoms with Crippen molar-refractivity contribution < 1.29 is 4.74 Å². The predicted octanol–water partition coefficient (Wildman–Crippen LogP) is 4.82. The Morgan fingerprint density at radius 1 is 1.16 bits per heavy atom. The van der Waals surface area contributed by atoms with Crippen molar-refractivity contribution in [1.82, 2.24) is 5.32 Å². The minimum atomic E-state index is 0.253. The second-order valence-corrected chi connectivity index (χ2v) is 6.11. The first-order valence-corrected chi connectivity index (χ1v) is 7.50. The zero-order chi connectivity index (χ0) is 13.8. The third-order valence-electron chi connectivity index (χ3n) is 3.18. The molecule has 2 aromatic rings. The second-order valence-electron chi connectivity index (χ2n) is 4.57. The molecule has 0 bridgehead atoms. The highest BCUT2D eigenvalue weighted by atomic mass is 35.5. The van der Waals surface area contributed by atoms with Gasteiger partial charge in [-0.15, -0.1) is 11.3 Å². The van der Waals surface area contributed by atoms with Crippen LogP contribution in [0.5, 0.6) is 5.75 Å². The Labute approximate surface area is 123 Å². The highest BCUT2D eigenvalue weighted by Crippen LogP contribution is 2.27. The third kappa shape index (κ3) is 3.72. The number of benzene rings is 1. The maximum Gasteiger partial charge on any atom is 0.119 e. The number of thiophene rings is 1. The molecule has 0 aliphatic heterocycles. The Bertz CT molecular complexity index is 540. The summed E-state index contributed by atoms with van der Waals surface area (Å²) in [6.45, 7) is 4.30. The van der Waals surface area contributed by atoms with Crippen LogP contribution in [0.4, 0.5) is 0 Å². The monoisotopic (exact) mass is 295 g/mol. The van der Waals surface area contributed by atoms with Gasteiger partial charge in [0.2, 0.25) is 0 Å². The van der Waals surface area contributed by atoms with Crippen molar-refractivity contribution in [2.24, 2.45) is 0 Å². The van der Waals surface area contributed by atoms with Crippen LogP contribution in [0.2, 0.25) is 4.34 Å². The fraction of sp³-hybridized carbons (Fsp3) is 0.333. The molecule has 19 heavy (non-hydrogen) atoms.